The fourth-order valence-electron chi connectivity index (χ4n) is 2.80. The fourth-order valence-corrected chi connectivity index (χ4v) is 3.77. The first-order valence-corrected chi connectivity index (χ1v) is 9.85. The smallest absolute Gasteiger partial charge is 0.341 e. The summed E-state index contributed by atoms with van der Waals surface area (Å²) >= 11 is 1.23. The molecule has 0 fully saturated rings. The van der Waals surface area contributed by atoms with Gasteiger partial charge in [0.2, 0.25) is 0 Å². The van der Waals surface area contributed by atoms with Crippen molar-refractivity contribution in [3.63, 3.8) is 0 Å². The highest BCUT2D eigenvalue weighted by Gasteiger charge is 2.23. The molecule has 156 valence electrons. The molecule has 0 saturated heterocycles. The van der Waals surface area contributed by atoms with E-state index >= 15 is 0 Å². The third-order valence-electron chi connectivity index (χ3n) is 4.24. The zero-order valence-electron chi connectivity index (χ0n) is 16.8. The normalized spacial score (nSPS) is 10.2. The number of carbonyl (C=O) groups excluding carboxylic acids is 2. The Bertz CT molecular complexity index is 1030. The van der Waals surface area contributed by atoms with Crippen LogP contribution in [0.5, 0.6) is 17.2 Å². The molecule has 1 heterocycles. The van der Waals surface area contributed by atoms with Gasteiger partial charge in [-0.15, -0.1) is 11.3 Å². The van der Waals surface area contributed by atoms with Crippen LogP contribution in [0.1, 0.15) is 10.4 Å². The molecule has 0 spiro atoms. The number of benzene rings is 2. The van der Waals surface area contributed by atoms with Crippen molar-refractivity contribution in [3.05, 3.63) is 59.5 Å². The Hall–Kier alpha value is -3.52. The lowest BCUT2D eigenvalue weighted by Gasteiger charge is -2.11. The number of amides is 1. The maximum atomic E-state index is 12.5. The van der Waals surface area contributed by atoms with Crippen LogP contribution in [0.15, 0.2) is 53.9 Å². The number of hydrogen-bond donors (Lipinski definition) is 1. The molecule has 0 aliphatic rings. The van der Waals surface area contributed by atoms with Gasteiger partial charge in [-0.1, -0.05) is 24.3 Å². The summed E-state index contributed by atoms with van der Waals surface area (Å²) in [7, 11) is 4.38. The maximum absolute atomic E-state index is 12.5. The number of nitrogens with one attached hydrogen (secondary N) is 1. The van der Waals surface area contributed by atoms with E-state index in [9.17, 15) is 9.59 Å². The highest BCUT2D eigenvalue weighted by Crippen LogP contribution is 2.39. The summed E-state index contributed by atoms with van der Waals surface area (Å²) < 4.78 is 21.0. The molecular weight excluding hydrogens is 406 g/mol. The molecule has 7 nitrogen and oxygen atoms in total. The highest BCUT2D eigenvalue weighted by molar-refractivity contribution is 7.15. The number of rotatable bonds is 8. The molecule has 30 heavy (non-hydrogen) atoms. The van der Waals surface area contributed by atoms with E-state index in [0.717, 1.165) is 5.56 Å². The van der Waals surface area contributed by atoms with E-state index in [4.69, 9.17) is 18.9 Å². The molecule has 1 aromatic heterocycles. The van der Waals surface area contributed by atoms with Gasteiger partial charge in [0.1, 0.15) is 16.3 Å². The van der Waals surface area contributed by atoms with Crippen molar-refractivity contribution >= 4 is 28.2 Å². The highest BCUT2D eigenvalue weighted by atomic mass is 32.1. The monoisotopic (exact) mass is 427 g/mol. The van der Waals surface area contributed by atoms with E-state index in [1.54, 1.807) is 42.8 Å². The number of ether oxygens (including phenoxy) is 4. The van der Waals surface area contributed by atoms with Crippen LogP contribution in [0.3, 0.4) is 0 Å². The molecule has 3 rings (SSSR count). The Morgan fingerprint density at radius 3 is 2.37 bits per heavy atom. The summed E-state index contributed by atoms with van der Waals surface area (Å²) in [5.41, 5.74) is 1.61. The van der Waals surface area contributed by atoms with E-state index in [2.05, 4.69) is 5.32 Å². The number of carbonyl (C=O) groups is 2. The van der Waals surface area contributed by atoms with Gasteiger partial charge in [-0.2, -0.15) is 0 Å². The number of para-hydroxylation sites is 1. The lowest BCUT2D eigenvalue weighted by Crippen LogP contribution is -2.21. The van der Waals surface area contributed by atoms with E-state index in [0.29, 0.717) is 27.8 Å². The average molecular weight is 427 g/mol. The van der Waals surface area contributed by atoms with Gasteiger partial charge in [-0.3, -0.25) is 4.79 Å². The molecule has 0 unspecified atom stereocenters. The molecule has 1 amide bonds. The fraction of sp³-hybridized carbons (Fsp3) is 0.182. The summed E-state index contributed by atoms with van der Waals surface area (Å²) in [5, 5.41) is 4.90. The molecule has 0 aliphatic carbocycles. The Balaban J connectivity index is 1.85. The summed E-state index contributed by atoms with van der Waals surface area (Å²) in [6.45, 7) is -0.186. The molecular formula is C22H21NO6S. The zero-order chi connectivity index (χ0) is 21.5. The van der Waals surface area contributed by atoms with Gasteiger partial charge < -0.3 is 24.3 Å². The Morgan fingerprint density at radius 1 is 0.967 bits per heavy atom. The molecule has 2 aromatic carbocycles. The molecule has 8 heteroatoms. The van der Waals surface area contributed by atoms with Gasteiger partial charge in [-0.25, -0.2) is 4.79 Å². The zero-order valence-corrected chi connectivity index (χ0v) is 17.6. The van der Waals surface area contributed by atoms with Crippen LogP contribution >= 0.6 is 11.3 Å². The van der Waals surface area contributed by atoms with Crippen LogP contribution in [0.2, 0.25) is 0 Å². The second-order valence-corrected chi connectivity index (χ2v) is 6.94. The number of anilines is 1. The van der Waals surface area contributed by atoms with Crippen LogP contribution < -0.4 is 19.5 Å². The molecule has 0 radical (unpaired) electrons. The maximum Gasteiger partial charge on any atom is 0.341 e. The summed E-state index contributed by atoms with van der Waals surface area (Å²) in [4.78, 5) is 24.8. The van der Waals surface area contributed by atoms with Gasteiger partial charge in [0, 0.05) is 10.9 Å². The second kappa shape index (κ2) is 9.80. The SMILES string of the molecule is COC(=O)c1c(-c2ccc(OC)c(OC)c2)csc1NC(=O)COc1ccccc1. The quantitative estimate of drug-likeness (QED) is 0.542. The van der Waals surface area contributed by atoms with Gasteiger partial charge in [0.05, 0.1) is 21.3 Å². The Labute approximate surface area is 178 Å². The molecule has 0 aliphatic heterocycles. The number of thiophene rings is 1. The van der Waals surface area contributed by atoms with Crippen molar-refractivity contribution in [2.75, 3.05) is 33.3 Å². The number of hydrogen-bond acceptors (Lipinski definition) is 7. The molecule has 0 saturated carbocycles. The van der Waals surface area contributed by atoms with Gasteiger partial charge >= 0.3 is 5.97 Å². The predicted octanol–water partition coefficient (Wildman–Crippen LogP) is 4.24. The predicted molar refractivity (Wildman–Crippen MR) is 115 cm³/mol. The van der Waals surface area contributed by atoms with Gasteiger partial charge in [0.15, 0.2) is 18.1 Å². The first kappa shape index (κ1) is 21.2. The summed E-state index contributed by atoms with van der Waals surface area (Å²) in [6, 6.07) is 14.3. The number of esters is 1. The van der Waals surface area contributed by atoms with Crippen LogP contribution in [0.4, 0.5) is 5.00 Å². The van der Waals surface area contributed by atoms with Crippen molar-refractivity contribution in [2.24, 2.45) is 0 Å². The van der Waals surface area contributed by atoms with Crippen LogP contribution in [-0.2, 0) is 9.53 Å². The summed E-state index contributed by atoms with van der Waals surface area (Å²) in [5.74, 6) is 0.740. The Kier molecular flexibility index (Phi) is 6.92. The van der Waals surface area contributed by atoms with E-state index in [1.165, 1.54) is 25.6 Å². The lowest BCUT2D eigenvalue weighted by atomic mass is 10.0. The van der Waals surface area contributed by atoms with E-state index < -0.39 is 5.97 Å². The third kappa shape index (κ3) is 4.72. The van der Waals surface area contributed by atoms with E-state index in [-0.39, 0.29) is 18.1 Å². The second-order valence-electron chi connectivity index (χ2n) is 6.06. The largest absolute Gasteiger partial charge is 0.493 e. The topological polar surface area (TPSA) is 83.1 Å². The average Bonchev–Trinajstić information content (AvgIpc) is 3.20. The van der Waals surface area contributed by atoms with Crippen molar-refractivity contribution in [2.45, 2.75) is 0 Å². The van der Waals surface area contributed by atoms with Crippen LogP contribution in [0, 0.1) is 0 Å². The minimum Gasteiger partial charge on any atom is -0.493 e. The third-order valence-corrected chi connectivity index (χ3v) is 5.14. The first-order valence-electron chi connectivity index (χ1n) is 8.97. The standard InChI is InChI=1S/C22H21NO6S/c1-26-17-10-9-14(11-18(17)27-2)16-13-30-21(20(16)22(25)28-3)23-19(24)12-29-15-7-5-4-6-8-15/h4-11,13H,12H2,1-3H3,(H,23,24). The minimum absolute atomic E-state index is 0.186. The van der Waals surface area contributed by atoms with Crippen molar-refractivity contribution < 1.29 is 28.5 Å². The minimum atomic E-state index is -0.555. The van der Waals surface area contributed by atoms with Gasteiger partial charge in [0.25, 0.3) is 5.91 Å². The van der Waals surface area contributed by atoms with Crippen LogP contribution in [-0.4, -0.2) is 39.8 Å². The first-order chi connectivity index (χ1) is 14.6. The van der Waals surface area contributed by atoms with Crippen molar-refractivity contribution in [1.82, 2.24) is 0 Å². The number of methoxy groups -OCH3 is 3. The molecule has 1 N–H and O–H groups in total. The Morgan fingerprint density at radius 2 is 1.70 bits per heavy atom. The lowest BCUT2D eigenvalue weighted by molar-refractivity contribution is -0.118. The van der Waals surface area contributed by atoms with Crippen LogP contribution in [0.25, 0.3) is 11.1 Å². The van der Waals surface area contributed by atoms with Crippen molar-refractivity contribution in [1.29, 1.82) is 0 Å². The summed E-state index contributed by atoms with van der Waals surface area (Å²) in [6.07, 6.45) is 0. The molecule has 0 atom stereocenters. The molecule has 3 aromatic rings. The van der Waals surface area contributed by atoms with E-state index in [1.807, 2.05) is 18.2 Å². The molecule has 0 bridgehead atoms. The van der Waals surface area contributed by atoms with Crippen molar-refractivity contribution in [3.8, 4) is 28.4 Å². The van der Waals surface area contributed by atoms with Gasteiger partial charge in [-0.05, 0) is 29.8 Å².